The Morgan fingerprint density at radius 3 is 2.84 bits per heavy atom. The number of hydrogen-bond acceptors (Lipinski definition) is 2. The molecule has 1 aliphatic heterocycles. The molecule has 1 atom stereocenters. The summed E-state index contributed by atoms with van der Waals surface area (Å²) in [4.78, 5) is 1.81. The van der Waals surface area contributed by atoms with Crippen molar-refractivity contribution >= 4 is 5.69 Å². The van der Waals surface area contributed by atoms with Crippen LogP contribution >= 0.6 is 0 Å². The van der Waals surface area contributed by atoms with E-state index in [9.17, 15) is 8.78 Å². The summed E-state index contributed by atoms with van der Waals surface area (Å²) in [7, 11) is 0. The number of halogens is 2. The Balaban J connectivity index is 2.20. The lowest BCUT2D eigenvalue weighted by Gasteiger charge is -2.31. The summed E-state index contributed by atoms with van der Waals surface area (Å²) in [5.74, 6) is 0. The third-order valence-electron chi connectivity index (χ3n) is 3.69. The van der Waals surface area contributed by atoms with Crippen molar-refractivity contribution in [3.05, 3.63) is 29.3 Å². The van der Waals surface area contributed by atoms with Gasteiger partial charge in [-0.2, -0.15) is 0 Å². The molecule has 106 valence electrons. The number of rotatable bonds is 5. The van der Waals surface area contributed by atoms with Crippen LogP contribution in [0.2, 0.25) is 0 Å². The summed E-state index contributed by atoms with van der Waals surface area (Å²) in [5.41, 5.74) is 3.42. The van der Waals surface area contributed by atoms with Crippen LogP contribution in [0.15, 0.2) is 18.2 Å². The van der Waals surface area contributed by atoms with Crippen LogP contribution in [-0.2, 0) is 6.42 Å². The van der Waals surface area contributed by atoms with Crippen LogP contribution < -0.4 is 10.2 Å². The van der Waals surface area contributed by atoms with Gasteiger partial charge in [-0.05, 0) is 43.5 Å². The first-order chi connectivity index (χ1) is 9.11. The van der Waals surface area contributed by atoms with Crippen molar-refractivity contribution in [1.29, 1.82) is 0 Å². The molecule has 1 aromatic carbocycles. The molecule has 0 fully saturated rings. The first-order valence-corrected chi connectivity index (χ1v) is 7.01. The largest absolute Gasteiger partial charge is 0.366 e. The van der Waals surface area contributed by atoms with Gasteiger partial charge in [0.1, 0.15) is 0 Å². The second-order valence-corrected chi connectivity index (χ2v) is 5.11. The highest BCUT2D eigenvalue weighted by Crippen LogP contribution is 2.30. The fourth-order valence-corrected chi connectivity index (χ4v) is 2.74. The molecular formula is C15H22F2N2. The van der Waals surface area contributed by atoms with Crippen LogP contribution in [-0.4, -0.2) is 26.1 Å². The fourth-order valence-electron chi connectivity index (χ4n) is 2.74. The van der Waals surface area contributed by atoms with Crippen LogP contribution in [0.1, 0.15) is 37.4 Å². The minimum atomic E-state index is -2.27. The monoisotopic (exact) mass is 268 g/mol. The van der Waals surface area contributed by atoms with Crippen molar-refractivity contribution in [2.75, 3.05) is 24.5 Å². The van der Waals surface area contributed by atoms with Crippen molar-refractivity contribution in [3.63, 3.8) is 0 Å². The Morgan fingerprint density at radius 1 is 1.37 bits per heavy atom. The minimum Gasteiger partial charge on any atom is -0.366 e. The van der Waals surface area contributed by atoms with E-state index in [1.165, 1.54) is 11.1 Å². The molecule has 0 saturated carbocycles. The predicted octanol–water partition coefficient (Wildman–Crippen LogP) is 3.37. The Labute approximate surface area is 113 Å². The zero-order valence-electron chi connectivity index (χ0n) is 11.6. The number of fused-ring (bicyclic) bond motifs is 1. The number of hydrogen-bond donors (Lipinski definition) is 1. The number of nitrogens with one attached hydrogen (secondary N) is 1. The Hall–Kier alpha value is -1.16. The van der Waals surface area contributed by atoms with E-state index in [1.807, 2.05) is 11.0 Å². The van der Waals surface area contributed by atoms with E-state index in [4.69, 9.17) is 0 Å². The van der Waals surface area contributed by atoms with Crippen LogP contribution in [0.3, 0.4) is 0 Å². The molecule has 0 spiro atoms. The Bertz CT molecular complexity index is 421. The van der Waals surface area contributed by atoms with Gasteiger partial charge in [0.25, 0.3) is 6.43 Å². The van der Waals surface area contributed by atoms with E-state index in [0.29, 0.717) is 6.04 Å². The topological polar surface area (TPSA) is 15.3 Å². The summed E-state index contributed by atoms with van der Waals surface area (Å²) >= 11 is 0. The minimum absolute atomic E-state index is 0.158. The van der Waals surface area contributed by atoms with Crippen molar-refractivity contribution in [3.8, 4) is 0 Å². The molecule has 0 radical (unpaired) electrons. The standard InChI is InChI=1S/C15H22F2N2/c1-3-18-11(2)12-6-7-14-13(9-12)5-4-8-19(14)10-15(16)17/h6-7,9,11,15,18H,3-5,8,10H2,1-2H3. The van der Waals surface area contributed by atoms with E-state index in [0.717, 1.165) is 31.6 Å². The van der Waals surface area contributed by atoms with Gasteiger partial charge in [0.05, 0.1) is 6.54 Å². The third-order valence-corrected chi connectivity index (χ3v) is 3.69. The van der Waals surface area contributed by atoms with Crippen molar-refractivity contribution in [2.45, 2.75) is 39.2 Å². The molecule has 0 aliphatic carbocycles. The van der Waals surface area contributed by atoms with Crippen molar-refractivity contribution in [1.82, 2.24) is 5.32 Å². The van der Waals surface area contributed by atoms with E-state index in [1.54, 1.807) is 0 Å². The van der Waals surface area contributed by atoms with Gasteiger partial charge in [0, 0.05) is 18.3 Å². The molecule has 1 aliphatic rings. The third kappa shape index (κ3) is 3.44. The average molecular weight is 268 g/mol. The summed E-state index contributed by atoms with van der Waals surface area (Å²) in [6, 6.07) is 6.52. The van der Waals surface area contributed by atoms with Gasteiger partial charge in [-0.15, -0.1) is 0 Å². The first-order valence-electron chi connectivity index (χ1n) is 7.01. The maximum atomic E-state index is 12.6. The van der Waals surface area contributed by atoms with Crippen molar-refractivity contribution < 1.29 is 8.78 Å². The number of alkyl halides is 2. The average Bonchev–Trinajstić information content (AvgIpc) is 2.38. The zero-order valence-corrected chi connectivity index (χ0v) is 11.6. The lowest BCUT2D eigenvalue weighted by Crippen LogP contribution is -2.33. The molecule has 19 heavy (non-hydrogen) atoms. The summed E-state index contributed by atoms with van der Waals surface area (Å²) in [6.45, 7) is 5.72. The molecule has 1 aromatic rings. The number of benzene rings is 1. The number of aryl methyl sites for hydroxylation is 1. The number of anilines is 1. The normalized spacial score (nSPS) is 16.6. The molecule has 0 amide bonds. The first kappa shape index (κ1) is 14.3. The molecule has 2 nitrogen and oxygen atoms in total. The van der Waals surface area contributed by atoms with E-state index >= 15 is 0 Å². The van der Waals surface area contributed by atoms with E-state index < -0.39 is 6.43 Å². The smallest absolute Gasteiger partial charge is 0.255 e. The van der Waals surface area contributed by atoms with E-state index in [-0.39, 0.29) is 6.54 Å². The predicted molar refractivity (Wildman–Crippen MR) is 75.1 cm³/mol. The van der Waals surface area contributed by atoms with Crippen LogP contribution in [0, 0.1) is 0 Å². The van der Waals surface area contributed by atoms with Gasteiger partial charge >= 0.3 is 0 Å². The Kier molecular flexibility index (Phi) is 4.75. The SMILES string of the molecule is CCNC(C)c1ccc2c(c1)CCCN2CC(F)F. The van der Waals surface area contributed by atoms with Crippen LogP contribution in [0.5, 0.6) is 0 Å². The quantitative estimate of drug-likeness (QED) is 0.880. The molecule has 0 bridgehead atoms. The summed E-state index contributed by atoms with van der Waals surface area (Å²) in [5, 5.41) is 3.38. The molecule has 4 heteroatoms. The summed E-state index contributed by atoms with van der Waals surface area (Å²) in [6.07, 6.45) is -0.327. The maximum Gasteiger partial charge on any atom is 0.255 e. The molecule has 1 N–H and O–H groups in total. The second-order valence-electron chi connectivity index (χ2n) is 5.11. The lowest BCUT2D eigenvalue weighted by atomic mass is 9.97. The summed E-state index contributed by atoms with van der Waals surface area (Å²) < 4.78 is 25.1. The number of nitrogens with zero attached hydrogens (tertiary/aromatic N) is 1. The van der Waals surface area contributed by atoms with Gasteiger partial charge in [-0.25, -0.2) is 8.78 Å². The van der Waals surface area contributed by atoms with Crippen LogP contribution in [0.4, 0.5) is 14.5 Å². The highest BCUT2D eigenvalue weighted by molar-refractivity contribution is 5.57. The van der Waals surface area contributed by atoms with Gasteiger partial charge in [-0.1, -0.05) is 19.1 Å². The highest BCUT2D eigenvalue weighted by atomic mass is 19.3. The van der Waals surface area contributed by atoms with Gasteiger partial charge < -0.3 is 10.2 Å². The Morgan fingerprint density at radius 2 is 2.16 bits per heavy atom. The molecule has 1 heterocycles. The second kappa shape index (κ2) is 6.33. The lowest BCUT2D eigenvalue weighted by molar-refractivity contribution is 0.154. The molecule has 0 aromatic heterocycles. The van der Waals surface area contributed by atoms with E-state index in [2.05, 4.69) is 31.3 Å². The van der Waals surface area contributed by atoms with Crippen molar-refractivity contribution in [2.24, 2.45) is 0 Å². The highest BCUT2D eigenvalue weighted by Gasteiger charge is 2.20. The molecule has 1 unspecified atom stereocenters. The van der Waals surface area contributed by atoms with Crippen LogP contribution in [0.25, 0.3) is 0 Å². The zero-order chi connectivity index (χ0) is 13.8. The van der Waals surface area contributed by atoms with Gasteiger partial charge in [0.15, 0.2) is 0 Å². The van der Waals surface area contributed by atoms with Gasteiger partial charge in [-0.3, -0.25) is 0 Å². The van der Waals surface area contributed by atoms with Gasteiger partial charge in [0.2, 0.25) is 0 Å². The fraction of sp³-hybridized carbons (Fsp3) is 0.600. The molecular weight excluding hydrogens is 246 g/mol. The molecule has 0 saturated heterocycles. The maximum absolute atomic E-state index is 12.6. The molecule has 2 rings (SSSR count).